The highest BCUT2D eigenvalue weighted by molar-refractivity contribution is 5.93. The van der Waals surface area contributed by atoms with E-state index in [2.05, 4.69) is 14.8 Å². The largest absolute Gasteiger partial charge is 0.586 e. The SMILES string of the molecule is O=C(COC(=O)C[C@@H]1C[C@@H]2CC[C@@H]1C2)Nc1ccc2c(c1)OC(F)(F)O2. The number of hydrogen-bond donors (Lipinski definition) is 1. The Morgan fingerprint density at radius 2 is 2.00 bits per heavy atom. The lowest BCUT2D eigenvalue weighted by molar-refractivity contribution is -0.286. The summed E-state index contributed by atoms with van der Waals surface area (Å²) in [5.74, 6) is 0.554. The van der Waals surface area contributed by atoms with Crippen LogP contribution in [0.25, 0.3) is 0 Å². The first-order chi connectivity index (χ1) is 12.4. The zero-order valence-corrected chi connectivity index (χ0v) is 14.0. The molecular weight excluding hydrogens is 348 g/mol. The number of alkyl halides is 2. The van der Waals surface area contributed by atoms with E-state index >= 15 is 0 Å². The Balaban J connectivity index is 1.24. The summed E-state index contributed by atoms with van der Waals surface area (Å²) in [7, 11) is 0. The number of fused-ring (bicyclic) bond motifs is 3. The molecule has 1 aromatic carbocycles. The summed E-state index contributed by atoms with van der Waals surface area (Å²) in [4.78, 5) is 23.8. The summed E-state index contributed by atoms with van der Waals surface area (Å²) in [5, 5.41) is 2.48. The fourth-order valence-corrected chi connectivity index (χ4v) is 4.27. The highest BCUT2D eigenvalue weighted by Gasteiger charge is 2.43. The van der Waals surface area contributed by atoms with Crippen LogP contribution in [0.4, 0.5) is 14.5 Å². The molecule has 26 heavy (non-hydrogen) atoms. The number of nitrogens with one attached hydrogen (secondary N) is 1. The van der Waals surface area contributed by atoms with Crippen LogP contribution < -0.4 is 14.8 Å². The van der Waals surface area contributed by atoms with Crippen molar-refractivity contribution in [3.05, 3.63) is 18.2 Å². The summed E-state index contributed by atoms with van der Waals surface area (Å²) in [6.07, 6.45) is 1.38. The van der Waals surface area contributed by atoms with Gasteiger partial charge >= 0.3 is 12.3 Å². The number of hydrogen-bond acceptors (Lipinski definition) is 5. The Morgan fingerprint density at radius 3 is 2.73 bits per heavy atom. The fourth-order valence-electron chi connectivity index (χ4n) is 4.27. The van der Waals surface area contributed by atoms with Crippen molar-refractivity contribution >= 4 is 17.6 Å². The molecule has 3 aliphatic rings. The highest BCUT2D eigenvalue weighted by Crippen LogP contribution is 2.49. The van der Waals surface area contributed by atoms with Crippen LogP contribution in [0.3, 0.4) is 0 Å². The van der Waals surface area contributed by atoms with Crippen LogP contribution in [-0.4, -0.2) is 24.8 Å². The van der Waals surface area contributed by atoms with Crippen LogP contribution in [0.1, 0.15) is 32.1 Å². The standard InChI is InChI=1S/C18H19F2NO5/c19-18(20)25-14-4-3-13(8-15(14)26-18)21-16(22)9-24-17(23)7-12-6-10-1-2-11(12)5-10/h3-4,8,10-12H,1-2,5-7,9H2,(H,21,22)/t10-,11-,12+/m1/s1. The number of ether oxygens (including phenoxy) is 3. The van der Waals surface area contributed by atoms with Crippen molar-refractivity contribution < 1.29 is 32.6 Å². The molecule has 2 bridgehead atoms. The average molecular weight is 367 g/mol. The number of benzene rings is 1. The van der Waals surface area contributed by atoms with E-state index in [-0.39, 0.29) is 23.2 Å². The van der Waals surface area contributed by atoms with Gasteiger partial charge in [-0.1, -0.05) is 6.42 Å². The van der Waals surface area contributed by atoms with E-state index in [9.17, 15) is 18.4 Å². The monoisotopic (exact) mass is 367 g/mol. The Kier molecular flexibility index (Phi) is 4.20. The maximum atomic E-state index is 13.0. The van der Waals surface area contributed by atoms with E-state index in [1.807, 2.05) is 0 Å². The topological polar surface area (TPSA) is 73.9 Å². The molecule has 1 aliphatic heterocycles. The van der Waals surface area contributed by atoms with Crippen molar-refractivity contribution in [3.8, 4) is 11.5 Å². The third-order valence-corrected chi connectivity index (χ3v) is 5.36. The molecule has 2 saturated carbocycles. The third kappa shape index (κ3) is 3.59. The predicted molar refractivity (Wildman–Crippen MR) is 85.8 cm³/mol. The summed E-state index contributed by atoms with van der Waals surface area (Å²) in [6.45, 7) is -0.412. The van der Waals surface area contributed by atoms with Crippen molar-refractivity contribution in [2.45, 2.75) is 38.4 Å². The van der Waals surface area contributed by atoms with Crippen LogP contribution in [0.5, 0.6) is 11.5 Å². The second-order valence-corrected chi connectivity index (χ2v) is 7.18. The van der Waals surface area contributed by atoms with Gasteiger partial charge < -0.3 is 19.5 Å². The Morgan fingerprint density at radius 1 is 1.19 bits per heavy atom. The van der Waals surface area contributed by atoms with Gasteiger partial charge in [0.25, 0.3) is 5.91 Å². The third-order valence-electron chi connectivity index (χ3n) is 5.36. The number of carbonyl (C=O) groups excluding carboxylic acids is 2. The first-order valence-corrected chi connectivity index (χ1v) is 8.73. The molecular formula is C18H19F2NO5. The van der Waals surface area contributed by atoms with Crippen LogP contribution in [-0.2, 0) is 14.3 Å². The van der Waals surface area contributed by atoms with Crippen molar-refractivity contribution in [3.63, 3.8) is 0 Å². The van der Waals surface area contributed by atoms with E-state index < -0.39 is 18.8 Å². The average Bonchev–Trinajstić information content (AvgIpc) is 3.25. The molecule has 0 spiro atoms. The van der Waals surface area contributed by atoms with E-state index in [4.69, 9.17) is 4.74 Å². The minimum absolute atomic E-state index is 0.106. The van der Waals surface area contributed by atoms with E-state index in [0.29, 0.717) is 18.3 Å². The normalized spacial score (nSPS) is 27.4. The fraction of sp³-hybridized carbons (Fsp3) is 0.556. The molecule has 0 radical (unpaired) electrons. The molecule has 1 aromatic rings. The first kappa shape index (κ1) is 17.1. The smallest absolute Gasteiger partial charge is 0.456 e. The second kappa shape index (κ2) is 6.41. The number of esters is 1. The minimum Gasteiger partial charge on any atom is -0.456 e. The van der Waals surface area contributed by atoms with Gasteiger partial charge in [-0.05, 0) is 49.1 Å². The number of halogens is 2. The van der Waals surface area contributed by atoms with E-state index in [0.717, 1.165) is 12.3 Å². The molecule has 0 aromatic heterocycles. The van der Waals surface area contributed by atoms with Gasteiger partial charge in [0, 0.05) is 18.2 Å². The summed E-state index contributed by atoms with van der Waals surface area (Å²) >= 11 is 0. The lowest BCUT2D eigenvalue weighted by atomic mass is 9.86. The van der Waals surface area contributed by atoms with Crippen LogP contribution >= 0.6 is 0 Å². The van der Waals surface area contributed by atoms with Gasteiger partial charge in [-0.25, -0.2) is 0 Å². The molecule has 6 nitrogen and oxygen atoms in total. The van der Waals surface area contributed by atoms with E-state index in [1.54, 1.807) is 0 Å². The minimum atomic E-state index is -3.71. The molecule has 0 saturated heterocycles. The van der Waals surface area contributed by atoms with Crippen molar-refractivity contribution in [2.75, 3.05) is 11.9 Å². The van der Waals surface area contributed by atoms with Crippen LogP contribution in [0.15, 0.2) is 18.2 Å². The van der Waals surface area contributed by atoms with Crippen LogP contribution in [0, 0.1) is 17.8 Å². The molecule has 0 unspecified atom stereocenters. The highest BCUT2D eigenvalue weighted by atomic mass is 19.3. The number of rotatable bonds is 5. The number of carbonyl (C=O) groups is 2. The Labute approximate surface area is 148 Å². The number of anilines is 1. The Hall–Kier alpha value is -2.38. The first-order valence-electron chi connectivity index (χ1n) is 8.73. The van der Waals surface area contributed by atoms with Crippen molar-refractivity contribution in [1.29, 1.82) is 0 Å². The lowest BCUT2D eigenvalue weighted by Crippen LogP contribution is -2.26. The van der Waals surface area contributed by atoms with Gasteiger partial charge in [0.2, 0.25) is 0 Å². The molecule has 2 fully saturated rings. The quantitative estimate of drug-likeness (QED) is 0.808. The number of amides is 1. The summed E-state index contributed by atoms with van der Waals surface area (Å²) in [5.41, 5.74) is 0.249. The Bertz CT molecular complexity index is 738. The molecule has 1 amide bonds. The summed E-state index contributed by atoms with van der Waals surface area (Å²) < 4.78 is 39.6. The molecule has 140 valence electrons. The molecule has 4 rings (SSSR count). The maximum absolute atomic E-state index is 13.0. The molecule has 1 heterocycles. The predicted octanol–water partition coefficient (Wildman–Crippen LogP) is 3.32. The van der Waals surface area contributed by atoms with Crippen molar-refractivity contribution in [1.82, 2.24) is 0 Å². The van der Waals surface area contributed by atoms with E-state index in [1.165, 1.54) is 37.5 Å². The summed E-state index contributed by atoms with van der Waals surface area (Å²) in [6, 6.07) is 3.90. The maximum Gasteiger partial charge on any atom is 0.586 e. The van der Waals surface area contributed by atoms with Gasteiger partial charge in [0.1, 0.15) is 0 Å². The zero-order chi connectivity index (χ0) is 18.3. The van der Waals surface area contributed by atoms with Gasteiger partial charge in [-0.3, -0.25) is 9.59 Å². The van der Waals surface area contributed by atoms with Gasteiger partial charge in [0.05, 0.1) is 0 Å². The van der Waals surface area contributed by atoms with Gasteiger partial charge in [-0.15, -0.1) is 8.78 Å². The van der Waals surface area contributed by atoms with Crippen LogP contribution in [0.2, 0.25) is 0 Å². The molecule has 2 aliphatic carbocycles. The molecule has 1 N–H and O–H groups in total. The van der Waals surface area contributed by atoms with Gasteiger partial charge in [0.15, 0.2) is 18.1 Å². The molecule has 3 atom stereocenters. The zero-order valence-electron chi connectivity index (χ0n) is 14.0. The lowest BCUT2D eigenvalue weighted by Gasteiger charge is -2.20. The van der Waals surface area contributed by atoms with Gasteiger partial charge in [-0.2, -0.15) is 0 Å². The second-order valence-electron chi connectivity index (χ2n) is 7.18. The molecule has 8 heteroatoms. The van der Waals surface area contributed by atoms with Crippen molar-refractivity contribution in [2.24, 2.45) is 17.8 Å².